The summed E-state index contributed by atoms with van der Waals surface area (Å²) in [7, 11) is 1.50. The molecule has 0 unspecified atom stereocenters. The van der Waals surface area contributed by atoms with Crippen LogP contribution in [0, 0.1) is 11.3 Å². The molecule has 0 aliphatic carbocycles. The summed E-state index contributed by atoms with van der Waals surface area (Å²) in [5.41, 5.74) is 2.11. The summed E-state index contributed by atoms with van der Waals surface area (Å²) < 4.78 is 16.9. The van der Waals surface area contributed by atoms with Crippen molar-refractivity contribution >= 4 is 51.2 Å². The maximum atomic E-state index is 12.7. The molecular weight excluding hydrogens is 548 g/mol. The van der Waals surface area contributed by atoms with E-state index in [0.717, 1.165) is 5.56 Å². The van der Waals surface area contributed by atoms with Gasteiger partial charge in [-0.25, -0.2) is 4.79 Å². The highest BCUT2D eigenvalue weighted by Crippen LogP contribution is 2.38. The largest absolute Gasteiger partial charge is 0.493 e. The monoisotopic (exact) mass is 568 g/mol. The quantitative estimate of drug-likeness (QED) is 0.182. The topological polar surface area (TPSA) is 97.7 Å². The van der Waals surface area contributed by atoms with Gasteiger partial charge in [-0.05, 0) is 88.6 Å². The Labute approximate surface area is 222 Å². The smallest absolute Gasteiger partial charge is 0.338 e. The summed E-state index contributed by atoms with van der Waals surface area (Å²) in [5, 5.41) is 12.8. The van der Waals surface area contributed by atoms with Gasteiger partial charge in [0.25, 0.3) is 5.91 Å². The SMILES string of the molecule is CCOC(=O)c1ccc(NC(=O)/C(C#N)=C/c2cc(Br)c(OCc3cccc(Cl)c3)c(OC)c2)cc1. The van der Waals surface area contributed by atoms with Crippen LogP contribution in [0.15, 0.2) is 70.7 Å². The van der Waals surface area contributed by atoms with Crippen molar-refractivity contribution in [2.45, 2.75) is 13.5 Å². The van der Waals surface area contributed by atoms with Crippen molar-refractivity contribution in [3.05, 3.63) is 92.4 Å². The Morgan fingerprint density at radius 3 is 2.53 bits per heavy atom. The molecule has 0 atom stereocenters. The molecule has 0 radical (unpaired) electrons. The first-order valence-electron chi connectivity index (χ1n) is 10.8. The zero-order valence-corrected chi connectivity index (χ0v) is 21.9. The van der Waals surface area contributed by atoms with E-state index in [1.807, 2.05) is 18.2 Å². The number of hydrogen-bond donors (Lipinski definition) is 1. The minimum atomic E-state index is -0.599. The lowest BCUT2D eigenvalue weighted by Crippen LogP contribution is -2.13. The zero-order chi connectivity index (χ0) is 26.1. The van der Waals surface area contributed by atoms with Crippen LogP contribution in [-0.2, 0) is 16.1 Å². The van der Waals surface area contributed by atoms with Gasteiger partial charge in [-0.15, -0.1) is 0 Å². The van der Waals surface area contributed by atoms with Crippen molar-refractivity contribution in [1.29, 1.82) is 5.26 Å². The Kier molecular flexibility index (Phi) is 9.51. The number of hydrogen-bond acceptors (Lipinski definition) is 6. The van der Waals surface area contributed by atoms with Crippen molar-refractivity contribution in [2.75, 3.05) is 19.0 Å². The van der Waals surface area contributed by atoms with Gasteiger partial charge in [0.2, 0.25) is 0 Å². The van der Waals surface area contributed by atoms with E-state index < -0.39 is 11.9 Å². The first-order chi connectivity index (χ1) is 17.3. The van der Waals surface area contributed by atoms with Gasteiger partial charge in [-0.2, -0.15) is 5.26 Å². The molecule has 0 bridgehead atoms. The number of nitrogens with one attached hydrogen (secondary N) is 1. The average molecular weight is 570 g/mol. The molecule has 1 amide bonds. The van der Waals surface area contributed by atoms with Crippen LogP contribution in [-0.4, -0.2) is 25.6 Å². The molecule has 36 heavy (non-hydrogen) atoms. The van der Waals surface area contributed by atoms with E-state index in [9.17, 15) is 14.9 Å². The third kappa shape index (κ3) is 7.11. The third-order valence-electron chi connectivity index (χ3n) is 4.85. The molecule has 0 spiro atoms. The second-order valence-corrected chi connectivity index (χ2v) is 8.67. The lowest BCUT2D eigenvalue weighted by atomic mass is 10.1. The second-order valence-electron chi connectivity index (χ2n) is 7.37. The maximum absolute atomic E-state index is 12.7. The molecule has 0 aromatic heterocycles. The number of nitriles is 1. The maximum Gasteiger partial charge on any atom is 0.338 e. The standard InChI is InChI=1S/C27H22BrClN2O5/c1-3-35-27(33)19-7-9-22(10-8-19)31-26(32)20(15-30)11-18-13-23(28)25(24(14-18)34-2)36-16-17-5-4-6-21(29)12-17/h4-14H,3,16H2,1-2H3,(H,31,32)/b20-11+. The molecule has 0 aliphatic rings. The number of benzene rings is 3. The number of ether oxygens (including phenoxy) is 3. The van der Waals surface area contributed by atoms with Crippen LogP contribution in [0.1, 0.15) is 28.4 Å². The van der Waals surface area contributed by atoms with Gasteiger partial charge in [0.05, 0.1) is 23.8 Å². The van der Waals surface area contributed by atoms with E-state index in [4.69, 9.17) is 25.8 Å². The minimum Gasteiger partial charge on any atom is -0.493 e. The predicted octanol–water partition coefficient (Wildman–Crippen LogP) is 6.41. The van der Waals surface area contributed by atoms with Crippen LogP contribution in [0.25, 0.3) is 6.08 Å². The van der Waals surface area contributed by atoms with Gasteiger partial charge in [0.1, 0.15) is 18.2 Å². The number of carbonyl (C=O) groups is 2. The fourth-order valence-electron chi connectivity index (χ4n) is 3.16. The van der Waals surface area contributed by atoms with Gasteiger partial charge in [-0.1, -0.05) is 23.7 Å². The van der Waals surface area contributed by atoms with Crippen LogP contribution >= 0.6 is 27.5 Å². The van der Waals surface area contributed by atoms with Gasteiger partial charge >= 0.3 is 5.97 Å². The molecule has 0 saturated carbocycles. The fourth-order valence-corrected chi connectivity index (χ4v) is 3.95. The van der Waals surface area contributed by atoms with Crippen molar-refractivity contribution in [1.82, 2.24) is 0 Å². The van der Waals surface area contributed by atoms with E-state index in [2.05, 4.69) is 21.2 Å². The van der Waals surface area contributed by atoms with Crippen LogP contribution in [0.3, 0.4) is 0 Å². The number of carbonyl (C=O) groups excluding carboxylic acids is 2. The van der Waals surface area contributed by atoms with Crippen LogP contribution in [0.5, 0.6) is 11.5 Å². The highest BCUT2D eigenvalue weighted by Gasteiger charge is 2.15. The molecule has 0 aliphatic heterocycles. The first kappa shape index (κ1) is 26.8. The van der Waals surface area contributed by atoms with Crippen LogP contribution in [0.2, 0.25) is 5.02 Å². The van der Waals surface area contributed by atoms with E-state index in [1.165, 1.54) is 25.3 Å². The van der Waals surface area contributed by atoms with Crippen LogP contribution < -0.4 is 14.8 Å². The summed E-state index contributed by atoms with van der Waals surface area (Å²) in [6.45, 7) is 2.26. The highest BCUT2D eigenvalue weighted by atomic mass is 79.9. The Bertz CT molecular complexity index is 1330. The zero-order valence-electron chi connectivity index (χ0n) is 19.5. The summed E-state index contributed by atoms with van der Waals surface area (Å²) in [5.74, 6) is -0.158. The van der Waals surface area contributed by atoms with E-state index >= 15 is 0 Å². The Balaban J connectivity index is 1.76. The molecule has 3 aromatic carbocycles. The number of methoxy groups -OCH3 is 1. The number of nitrogens with zero attached hydrogens (tertiary/aromatic N) is 1. The van der Waals surface area contributed by atoms with Crippen molar-refractivity contribution in [3.8, 4) is 17.6 Å². The summed E-state index contributed by atoms with van der Waals surface area (Å²) in [4.78, 5) is 24.5. The normalized spacial score (nSPS) is 10.8. The number of halogens is 2. The van der Waals surface area contributed by atoms with Gasteiger partial charge in [0, 0.05) is 10.7 Å². The lowest BCUT2D eigenvalue weighted by molar-refractivity contribution is -0.112. The van der Waals surface area contributed by atoms with Crippen molar-refractivity contribution < 1.29 is 23.8 Å². The predicted molar refractivity (Wildman–Crippen MR) is 141 cm³/mol. The molecule has 0 fully saturated rings. The molecule has 0 saturated heterocycles. The Morgan fingerprint density at radius 2 is 1.89 bits per heavy atom. The number of anilines is 1. The average Bonchev–Trinajstić information content (AvgIpc) is 2.86. The van der Waals surface area contributed by atoms with Gasteiger partial charge < -0.3 is 19.5 Å². The molecule has 1 N–H and O–H groups in total. The Hall–Kier alpha value is -3.80. The Morgan fingerprint density at radius 1 is 1.14 bits per heavy atom. The number of rotatable bonds is 9. The molecular formula is C27H22BrClN2O5. The molecule has 3 aromatic rings. The first-order valence-corrected chi connectivity index (χ1v) is 12.0. The number of amides is 1. The molecule has 3 rings (SSSR count). The highest BCUT2D eigenvalue weighted by molar-refractivity contribution is 9.10. The molecule has 184 valence electrons. The minimum absolute atomic E-state index is 0.119. The molecule has 0 heterocycles. The second kappa shape index (κ2) is 12.8. The summed E-state index contributed by atoms with van der Waals surface area (Å²) >= 11 is 9.51. The lowest BCUT2D eigenvalue weighted by Gasteiger charge is -2.14. The van der Waals surface area contributed by atoms with Gasteiger partial charge in [0.15, 0.2) is 11.5 Å². The number of esters is 1. The van der Waals surface area contributed by atoms with Crippen molar-refractivity contribution in [3.63, 3.8) is 0 Å². The molecule has 7 nitrogen and oxygen atoms in total. The van der Waals surface area contributed by atoms with E-state index in [0.29, 0.717) is 37.8 Å². The van der Waals surface area contributed by atoms with E-state index in [1.54, 1.807) is 43.3 Å². The van der Waals surface area contributed by atoms with Crippen molar-refractivity contribution in [2.24, 2.45) is 0 Å². The fraction of sp³-hybridized carbons (Fsp3) is 0.148. The summed E-state index contributed by atoms with van der Waals surface area (Å²) in [6.07, 6.45) is 1.44. The molecule has 9 heteroatoms. The van der Waals surface area contributed by atoms with Gasteiger partial charge in [-0.3, -0.25) is 4.79 Å². The van der Waals surface area contributed by atoms with E-state index in [-0.39, 0.29) is 18.8 Å². The summed E-state index contributed by atoms with van der Waals surface area (Å²) in [6, 6.07) is 18.8. The van der Waals surface area contributed by atoms with Crippen LogP contribution in [0.4, 0.5) is 5.69 Å². The third-order valence-corrected chi connectivity index (χ3v) is 5.68.